The largest absolute Gasteiger partial charge is 0.309 e. The molecule has 1 aromatic heterocycles. The molecule has 2 aliphatic heterocycles. The highest BCUT2D eigenvalue weighted by Gasteiger charge is 2.32. The maximum atomic E-state index is 13.0. The van der Waals surface area contributed by atoms with Crippen molar-refractivity contribution in [2.24, 2.45) is 0 Å². The van der Waals surface area contributed by atoms with E-state index in [1.165, 1.54) is 6.92 Å². The minimum Gasteiger partial charge on any atom is -0.309 e. The van der Waals surface area contributed by atoms with Crippen molar-refractivity contribution in [2.45, 2.75) is 63.6 Å². The number of nitrogens with zero attached hydrogens (tertiary/aromatic N) is 4. The van der Waals surface area contributed by atoms with Crippen molar-refractivity contribution in [3.63, 3.8) is 0 Å². The van der Waals surface area contributed by atoms with Gasteiger partial charge in [0.25, 0.3) is 0 Å². The molecule has 0 fully saturated rings. The van der Waals surface area contributed by atoms with Crippen LogP contribution in [0.4, 0.5) is 5.69 Å². The van der Waals surface area contributed by atoms with Gasteiger partial charge in [-0.25, -0.2) is 22.8 Å². The second kappa shape index (κ2) is 6.42. The van der Waals surface area contributed by atoms with Crippen molar-refractivity contribution in [3.8, 4) is 0 Å². The predicted molar refractivity (Wildman–Crippen MR) is 99.8 cm³/mol. The van der Waals surface area contributed by atoms with Gasteiger partial charge in [0, 0.05) is 25.2 Å². The molecule has 0 bridgehead atoms. The van der Waals surface area contributed by atoms with E-state index in [0.717, 1.165) is 24.2 Å². The first-order chi connectivity index (χ1) is 12.8. The van der Waals surface area contributed by atoms with E-state index in [2.05, 4.69) is 14.8 Å². The highest BCUT2D eigenvalue weighted by molar-refractivity contribution is 7.89. The molecule has 0 saturated carbocycles. The molecule has 9 heteroatoms. The zero-order chi connectivity index (χ0) is 19.3. The number of aromatic nitrogens is 3. The molecule has 0 unspecified atom stereocenters. The van der Waals surface area contributed by atoms with Crippen molar-refractivity contribution in [3.05, 3.63) is 35.4 Å². The van der Waals surface area contributed by atoms with Crippen LogP contribution in [0.2, 0.25) is 0 Å². The van der Waals surface area contributed by atoms with Gasteiger partial charge in [0.1, 0.15) is 11.6 Å². The first-order valence-electron chi connectivity index (χ1n) is 9.12. The maximum Gasteiger partial charge on any atom is 0.241 e. The number of sulfonamides is 1. The zero-order valence-corrected chi connectivity index (χ0v) is 16.5. The molecule has 8 nitrogen and oxygen atoms in total. The van der Waals surface area contributed by atoms with Gasteiger partial charge in [-0.1, -0.05) is 0 Å². The van der Waals surface area contributed by atoms with E-state index in [1.807, 2.05) is 6.92 Å². The van der Waals surface area contributed by atoms with E-state index in [-0.39, 0.29) is 22.9 Å². The minimum atomic E-state index is -3.70. The Hall–Kier alpha value is -2.26. The molecule has 0 saturated heterocycles. The third-order valence-electron chi connectivity index (χ3n) is 5.19. The fourth-order valence-corrected chi connectivity index (χ4v) is 5.37. The van der Waals surface area contributed by atoms with Crippen LogP contribution in [-0.2, 0) is 27.8 Å². The zero-order valence-electron chi connectivity index (χ0n) is 15.6. The van der Waals surface area contributed by atoms with Crippen molar-refractivity contribution in [1.29, 1.82) is 0 Å². The predicted octanol–water partition coefficient (Wildman–Crippen LogP) is 1.70. The molecule has 2 aromatic rings. The Bertz CT molecular complexity index is 1010. The Balaban J connectivity index is 1.63. The SMILES string of the molecule is CC(=O)N1c2ccc(S(=O)(=O)N[C@H]3CCCn4nc(C)nc43)cc2C[C@@H]1C. The number of benzene rings is 1. The van der Waals surface area contributed by atoms with Gasteiger partial charge in [-0.2, -0.15) is 5.10 Å². The molecular weight excluding hydrogens is 366 g/mol. The summed E-state index contributed by atoms with van der Waals surface area (Å²) < 4.78 is 30.5. The first kappa shape index (κ1) is 18.1. The average Bonchev–Trinajstić information content (AvgIpc) is 3.12. The third-order valence-corrected chi connectivity index (χ3v) is 6.66. The molecule has 27 heavy (non-hydrogen) atoms. The summed E-state index contributed by atoms with van der Waals surface area (Å²) in [6, 6.07) is 4.61. The molecule has 2 atom stereocenters. The van der Waals surface area contributed by atoms with Gasteiger partial charge >= 0.3 is 0 Å². The summed E-state index contributed by atoms with van der Waals surface area (Å²) in [4.78, 5) is 18.2. The Kier molecular flexibility index (Phi) is 4.31. The second-order valence-corrected chi connectivity index (χ2v) is 9.00. The molecule has 144 valence electrons. The van der Waals surface area contributed by atoms with Crippen LogP contribution in [-0.4, -0.2) is 35.1 Å². The molecular formula is C18H23N5O3S. The standard InChI is InChI=1S/C18H23N5O3S/c1-11-9-14-10-15(6-7-17(14)23(11)13(3)24)27(25,26)21-16-5-4-8-22-18(16)19-12(2)20-22/h6-7,10-11,16,21H,4-5,8-9H2,1-3H3/t11-,16-/m0/s1. The molecule has 4 rings (SSSR count). The number of nitrogens with one attached hydrogen (secondary N) is 1. The van der Waals surface area contributed by atoms with Gasteiger partial charge in [0.2, 0.25) is 15.9 Å². The number of fused-ring (bicyclic) bond motifs is 2. The van der Waals surface area contributed by atoms with E-state index in [9.17, 15) is 13.2 Å². The fourth-order valence-electron chi connectivity index (χ4n) is 4.09. The number of carbonyl (C=O) groups is 1. The van der Waals surface area contributed by atoms with Crippen molar-refractivity contribution in [2.75, 3.05) is 4.90 Å². The lowest BCUT2D eigenvalue weighted by molar-refractivity contribution is -0.116. The van der Waals surface area contributed by atoms with Crippen LogP contribution in [0, 0.1) is 6.92 Å². The lowest BCUT2D eigenvalue weighted by Gasteiger charge is -2.23. The number of hydrogen-bond donors (Lipinski definition) is 1. The molecule has 1 N–H and O–H groups in total. The van der Waals surface area contributed by atoms with Crippen LogP contribution < -0.4 is 9.62 Å². The number of aryl methyl sites for hydroxylation is 2. The lowest BCUT2D eigenvalue weighted by atomic mass is 10.1. The highest BCUT2D eigenvalue weighted by Crippen LogP contribution is 2.34. The summed E-state index contributed by atoms with van der Waals surface area (Å²) in [7, 11) is -3.70. The molecule has 3 heterocycles. The summed E-state index contributed by atoms with van der Waals surface area (Å²) in [6.45, 7) is 6.05. The number of amides is 1. The van der Waals surface area contributed by atoms with Crippen molar-refractivity contribution < 1.29 is 13.2 Å². The van der Waals surface area contributed by atoms with E-state index < -0.39 is 10.0 Å². The fraction of sp³-hybridized carbons (Fsp3) is 0.500. The number of carbonyl (C=O) groups excluding carboxylic acids is 1. The summed E-state index contributed by atoms with van der Waals surface area (Å²) >= 11 is 0. The molecule has 0 spiro atoms. The Morgan fingerprint density at radius 2 is 2.11 bits per heavy atom. The Morgan fingerprint density at radius 3 is 2.85 bits per heavy atom. The van der Waals surface area contributed by atoms with E-state index in [1.54, 1.807) is 34.7 Å². The summed E-state index contributed by atoms with van der Waals surface area (Å²) in [5.41, 5.74) is 1.67. The van der Waals surface area contributed by atoms with Crippen LogP contribution in [0.5, 0.6) is 0 Å². The summed E-state index contributed by atoms with van der Waals surface area (Å²) in [5.74, 6) is 1.28. The van der Waals surface area contributed by atoms with Gasteiger partial charge in [0.15, 0.2) is 0 Å². The number of hydrogen-bond acceptors (Lipinski definition) is 5. The summed E-state index contributed by atoms with van der Waals surface area (Å²) in [5, 5.41) is 4.32. The van der Waals surface area contributed by atoms with Gasteiger partial charge in [0.05, 0.1) is 10.9 Å². The minimum absolute atomic E-state index is 0.0308. The highest BCUT2D eigenvalue weighted by atomic mass is 32.2. The van der Waals surface area contributed by atoms with Crippen LogP contribution in [0.25, 0.3) is 0 Å². The van der Waals surface area contributed by atoms with Crippen LogP contribution in [0.15, 0.2) is 23.1 Å². The maximum absolute atomic E-state index is 13.0. The molecule has 0 aliphatic carbocycles. The quantitative estimate of drug-likeness (QED) is 0.862. The Labute approximate surface area is 158 Å². The van der Waals surface area contributed by atoms with Crippen molar-refractivity contribution >= 4 is 21.6 Å². The van der Waals surface area contributed by atoms with Gasteiger partial charge < -0.3 is 4.90 Å². The van der Waals surface area contributed by atoms with E-state index >= 15 is 0 Å². The Morgan fingerprint density at radius 1 is 1.33 bits per heavy atom. The molecule has 1 amide bonds. The molecule has 2 aliphatic rings. The first-order valence-corrected chi connectivity index (χ1v) is 10.6. The monoisotopic (exact) mass is 389 g/mol. The normalized spacial score (nSPS) is 21.8. The second-order valence-electron chi connectivity index (χ2n) is 7.29. The van der Waals surface area contributed by atoms with E-state index in [0.29, 0.717) is 24.5 Å². The molecule has 1 aromatic carbocycles. The van der Waals surface area contributed by atoms with E-state index in [4.69, 9.17) is 0 Å². The smallest absolute Gasteiger partial charge is 0.241 e. The molecule has 0 radical (unpaired) electrons. The average molecular weight is 389 g/mol. The number of rotatable bonds is 3. The summed E-state index contributed by atoms with van der Waals surface area (Å²) in [6.07, 6.45) is 2.19. The van der Waals surface area contributed by atoms with Gasteiger partial charge in [-0.3, -0.25) is 4.79 Å². The van der Waals surface area contributed by atoms with Crippen LogP contribution >= 0.6 is 0 Å². The van der Waals surface area contributed by atoms with Crippen LogP contribution in [0.3, 0.4) is 0 Å². The topological polar surface area (TPSA) is 97.2 Å². The van der Waals surface area contributed by atoms with Gasteiger partial charge in [-0.05, 0) is 56.9 Å². The lowest BCUT2D eigenvalue weighted by Crippen LogP contribution is -2.33. The number of anilines is 1. The van der Waals surface area contributed by atoms with Gasteiger partial charge in [-0.15, -0.1) is 0 Å². The third kappa shape index (κ3) is 3.14. The van der Waals surface area contributed by atoms with Crippen molar-refractivity contribution in [1.82, 2.24) is 19.5 Å². The van der Waals surface area contributed by atoms with Crippen LogP contribution in [0.1, 0.15) is 49.9 Å².